The van der Waals surface area contributed by atoms with Crippen molar-refractivity contribution in [1.82, 2.24) is 0 Å². The van der Waals surface area contributed by atoms with Gasteiger partial charge in [-0.1, -0.05) is 37.6 Å². The van der Waals surface area contributed by atoms with Crippen molar-refractivity contribution in [2.24, 2.45) is 0 Å². The van der Waals surface area contributed by atoms with E-state index in [1.54, 1.807) is 24.3 Å². The number of ketones is 1. The number of methoxy groups -OCH3 is 2. The maximum atomic E-state index is 13.2. The van der Waals surface area contributed by atoms with E-state index in [2.05, 4.69) is 13.8 Å². The quantitative estimate of drug-likeness (QED) is 0.276. The highest BCUT2D eigenvalue weighted by molar-refractivity contribution is 6.51. The molecule has 1 aliphatic rings. The molecule has 0 spiro atoms. The minimum Gasteiger partial charge on any atom is -0.507 e. The van der Waals surface area contributed by atoms with Gasteiger partial charge in [0.2, 0.25) is 0 Å². The number of aliphatic hydroxyl groups is 1. The predicted molar refractivity (Wildman–Crippen MR) is 129 cm³/mol. The molecule has 1 saturated heterocycles. The van der Waals surface area contributed by atoms with Gasteiger partial charge in [0, 0.05) is 11.8 Å². The molecule has 8 heteroatoms. The van der Waals surface area contributed by atoms with Crippen molar-refractivity contribution in [3.63, 3.8) is 0 Å². The van der Waals surface area contributed by atoms with E-state index in [0.717, 1.165) is 5.56 Å². The van der Waals surface area contributed by atoms with Crippen molar-refractivity contribution < 1.29 is 28.6 Å². The number of halogens is 1. The van der Waals surface area contributed by atoms with Gasteiger partial charge < -0.3 is 19.0 Å². The number of nitrogens with zero attached hydrogens (tertiary/aromatic N) is 1. The summed E-state index contributed by atoms with van der Waals surface area (Å²) in [6.45, 7) is 4.13. The highest BCUT2D eigenvalue weighted by Gasteiger charge is 2.48. The average Bonchev–Trinajstić information content (AvgIpc) is 3.45. The van der Waals surface area contributed by atoms with E-state index in [0.29, 0.717) is 23.1 Å². The molecule has 0 saturated carbocycles. The number of hydrogen-bond acceptors (Lipinski definition) is 6. The Morgan fingerprint density at radius 3 is 2.29 bits per heavy atom. The number of ether oxygens (including phenoxy) is 2. The Balaban J connectivity index is 1.92. The van der Waals surface area contributed by atoms with Crippen LogP contribution in [0.5, 0.6) is 11.5 Å². The number of Topliss-reactive ketones (excluding diaryl/α,β-unsaturated/α-hetero) is 1. The van der Waals surface area contributed by atoms with Gasteiger partial charge in [-0.2, -0.15) is 0 Å². The lowest BCUT2D eigenvalue weighted by atomic mass is 9.98. The van der Waals surface area contributed by atoms with E-state index in [-0.39, 0.29) is 21.9 Å². The predicted octanol–water partition coefficient (Wildman–Crippen LogP) is 5.70. The molecular weight excluding hydrogens is 458 g/mol. The lowest BCUT2D eigenvalue weighted by Gasteiger charge is -2.24. The molecule has 3 aromatic rings. The van der Waals surface area contributed by atoms with E-state index in [9.17, 15) is 14.7 Å². The first kappa shape index (κ1) is 23.4. The Morgan fingerprint density at radius 1 is 1.06 bits per heavy atom. The SMILES string of the molecule is COc1cc(OC)c(/C(O)=C2/C(=O)C(=O)N(c3ccc(C(C)C)cc3)C2c2ccco2)cc1Cl. The van der Waals surface area contributed by atoms with Crippen molar-refractivity contribution in [2.45, 2.75) is 25.8 Å². The molecule has 7 nitrogen and oxygen atoms in total. The van der Waals surface area contributed by atoms with Crippen LogP contribution in [0.25, 0.3) is 5.76 Å². The smallest absolute Gasteiger partial charge is 0.300 e. The molecule has 1 fully saturated rings. The summed E-state index contributed by atoms with van der Waals surface area (Å²) in [5.74, 6) is -0.861. The summed E-state index contributed by atoms with van der Waals surface area (Å²) >= 11 is 6.28. The maximum Gasteiger partial charge on any atom is 0.300 e. The largest absolute Gasteiger partial charge is 0.507 e. The van der Waals surface area contributed by atoms with Gasteiger partial charge in [0.05, 0.1) is 36.6 Å². The van der Waals surface area contributed by atoms with Crippen LogP contribution in [0.3, 0.4) is 0 Å². The number of anilines is 1. The third kappa shape index (κ3) is 3.92. The third-order valence-corrected chi connectivity index (χ3v) is 6.12. The lowest BCUT2D eigenvalue weighted by molar-refractivity contribution is -0.132. The third-order valence-electron chi connectivity index (χ3n) is 5.82. The maximum absolute atomic E-state index is 13.2. The molecule has 176 valence electrons. The fourth-order valence-electron chi connectivity index (χ4n) is 4.02. The molecule has 1 aromatic heterocycles. The van der Waals surface area contributed by atoms with Gasteiger partial charge in [0.15, 0.2) is 0 Å². The molecule has 1 atom stereocenters. The van der Waals surface area contributed by atoms with E-state index >= 15 is 0 Å². The zero-order chi connectivity index (χ0) is 24.6. The molecule has 34 heavy (non-hydrogen) atoms. The highest BCUT2D eigenvalue weighted by Crippen LogP contribution is 2.44. The number of aliphatic hydroxyl groups excluding tert-OH is 1. The first-order valence-electron chi connectivity index (χ1n) is 10.6. The first-order valence-corrected chi connectivity index (χ1v) is 11.0. The standard InChI is InChI=1S/C26H24ClNO6/c1-14(2)15-7-9-16(10-8-15)28-23(19-6-5-11-34-19)22(25(30)26(28)31)24(29)17-12-18(27)21(33-4)13-20(17)32-3/h5-14,23,29H,1-4H3/b24-22-. The Bertz CT molecular complexity index is 1260. The van der Waals surface area contributed by atoms with Crippen LogP contribution in [-0.4, -0.2) is 31.0 Å². The second-order valence-corrected chi connectivity index (χ2v) is 8.52. The average molecular weight is 482 g/mol. The van der Waals surface area contributed by atoms with E-state index in [4.69, 9.17) is 25.5 Å². The topological polar surface area (TPSA) is 89.2 Å². The van der Waals surface area contributed by atoms with Gasteiger partial charge in [0.25, 0.3) is 11.7 Å². The highest BCUT2D eigenvalue weighted by atomic mass is 35.5. The van der Waals surface area contributed by atoms with E-state index in [1.165, 1.54) is 37.5 Å². The Kier molecular flexibility index (Phi) is 6.39. The molecule has 1 amide bonds. The van der Waals surface area contributed by atoms with Crippen LogP contribution < -0.4 is 14.4 Å². The summed E-state index contributed by atoms with van der Waals surface area (Å²) in [7, 11) is 2.87. The van der Waals surface area contributed by atoms with E-state index in [1.807, 2.05) is 12.1 Å². The Labute approximate surface area is 202 Å². The molecule has 2 heterocycles. The molecule has 0 bridgehead atoms. The Morgan fingerprint density at radius 2 is 1.74 bits per heavy atom. The van der Waals surface area contributed by atoms with Gasteiger partial charge in [-0.05, 0) is 41.8 Å². The lowest BCUT2D eigenvalue weighted by Crippen LogP contribution is -2.29. The first-order chi connectivity index (χ1) is 16.3. The summed E-state index contributed by atoms with van der Waals surface area (Å²) in [6, 6.07) is 12.6. The van der Waals surface area contributed by atoms with Crippen LogP contribution in [0, 0.1) is 0 Å². The molecule has 4 rings (SSSR count). The molecule has 1 unspecified atom stereocenters. The molecule has 0 aliphatic carbocycles. The number of amides is 1. The summed E-state index contributed by atoms with van der Waals surface area (Å²) in [5.41, 5.74) is 1.62. The van der Waals surface area contributed by atoms with Crippen LogP contribution in [0.4, 0.5) is 5.69 Å². The van der Waals surface area contributed by atoms with Crippen molar-refractivity contribution >= 4 is 34.7 Å². The molecular formula is C26H24ClNO6. The second kappa shape index (κ2) is 9.27. The minimum atomic E-state index is -0.981. The number of hydrogen-bond donors (Lipinski definition) is 1. The number of furan rings is 1. The second-order valence-electron chi connectivity index (χ2n) is 8.12. The monoisotopic (exact) mass is 481 g/mol. The number of rotatable bonds is 6. The van der Waals surface area contributed by atoms with E-state index < -0.39 is 23.5 Å². The normalized spacial score (nSPS) is 17.5. The minimum absolute atomic E-state index is 0.132. The number of carbonyl (C=O) groups is 2. The summed E-state index contributed by atoms with van der Waals surface area (Å²) in [5, 5.41) is 11.5. The fourth-order valence-corrected chi connectivity index (χ4v) is 4.27. The van der Waals surface area contributed by atoms with Crippen LogP contribution in [0.1, 0.15) is 42.7 Å². The summed E-state index contributed by atoms with van der Waals surface area (Å²) < 4.78 is 16.2. The van der Waals surface area contributed by atoms with Gasteiger partial charge in [0.1, 0.15) is 29.1 Å². The van der Waals surface area contributed by atoms with Gasteiger partial charge in [-0.25, -0.2) is 0 Å². The van der Waals surface area contributed by atoms with Gasteiger partial charge in [-0.15, -0.1) is 0 Å². The van der Waals surface area contributed by atoms with Crippen molar-refractivity contribution in [2.75, 3.05) is 19.1 Å². The molecule has 0 radical (unpaired) electrons. The molecule has 1 N–H and O–H groups in total. The Hall–Kier alpha value is -3.71. The summed E-state index contributed by atoms with van der Waals surface area (Å²) in [4.78, 5) is 27.8. The summed E-state index contributed by atoms with van der Waals surface area (Å²) in [6.07, 6.45) is 1.45. The van der Waals surface area contributed by atoms with Crippen LogP contribution in [-0.2, 0) is 9.59 Å². The van der Waals surface area contributed by atoms with Crippen LogP contribution in [0.2, 0.25) is 5.02 Å². The number of carbonyl (C=O) groups excluding carboxylic acids is 2. The molecule has 1 aliphatic heterocycles. The zero-order valence-corrected chi connectivity index (χ0v) is 19.9. The van der Waals surface area contributed by atoms with Gasteiger partial charge >= 0.3 is 0 Å². The van der Waals surface area contributed by atoms with Crippen molar-refractivity contribution in [1.29, 1.82) is 0 Å². The van der Waals surface area contributed by atoms with Crippen LogP contribution >= 0.6 is 11.6 Å². The van der Waals surface area contributed by atoms with Gasteiger partial charge in [-0.3, -0.25) is 14.5 Å². The van der Waals surface area contributed by atoms with Crippen molar-refractivity contribution in [3.8, 4) is 11.5 Å². The van der Waals surface area contributed by atoms with Crippen LogP contribution in [0.15, 0.2) is 64.8 Å². The van der Waals surface area contributed by atoms with Crippen molar-refractivity contribution in [3.05, 3.63) is 82.3 Å². The molecule has 2 aromatic carbocycles. The number of benzene rings is 2. The zero-order valence-electron chi connectivity index (χ0n) is 19.2. The fraction of sp³-hybridized carbons (Fsp3) is 0.231.